The number of fused-ring (bicyclic) bond motifs is 3. The molecule has 0 fully saturated rings. The minimum absolute atomic E-state index is 0.285. The van der Waals surface area contributed by atoms with Crippen LogP contribution in [0.25, 0.3) is 10.9 Å². The summed E-state index contributed by atoms with van der Waals surface area (Å²) in [6.45, 7) is 0.633. The number of hydrogen-bond acceptors (Lipinski definition) is 4. The molecule has 1 atom stereocenters. The van der Waals surface area contributed by atoms with Gasteiger partial charge in [0.25, 0.3) is 0 Å². The van der Waals surface area contributed by atoms with Gasteiger partial charge in [-0.3, -0.25) is 4.98 Å². The highest BCUT2D eigenvalue weighted by Gasteiger charge is 2.22. The van der Waals surface area contributed by atoms with Gasteiger partial charge in [-0.15, -0.1) is 0 Å². The Morgan fingerprint density at radius 1 is 1.40 bits per heavy atom. The first-order valence-electron chi connectivity index (χ1n) is 4.89. The largest absolute Gasteiger partial charge is 0.370 e. The van der Waals surface area contributed by atoms with Crippen LogP contribution in [-0.4, -0.2) is 16.9 Å². The monoisotopic (exact) mass is 217 g/mol. The number of thioether (sulfide) groups is 1. The predicted octanol–water partition coefficient (Wildman–Crippen LogP) is 2.04. The number of nitrogens with two attached hydrogens (primary N) is 1. The van der Waals surface area contributed by atoms with Gasteiger partial charge in [-0.25, -0.2) is 0 Å². The molecule has 1 aliphatic heterocycles. The van der Waals surface area contributed by atoms with Crippen molar-refractivity contribution in [2.75, 3.05) is 11.9 Å². The SMILES string of the molecule is NCC1Nc2cnc3ccccc3c2S1. The fraction of sp³-hybridized carbons (Fsp3) is 0.182. The molecule has 0 amide bonds. The van der Waals surface area contributed by atoms with E-state index in [0.717, 1.165) is 11.2 Å². The molecule has 0 radical (unpaired) electrons. The summed E-state index contributed by atoms with van der Waals surface area (Å²) in [5.41, 5.74) is 7.80. The Morgan fingerprint density at radius 3 is 3.13 bits per heavy atom. The van der Waals surface area contributed by atoms with Crippen molar-refractivity contribution >= 4 is 28.4 Å². The summed E-state index contributed by atoms with van der Waals surface area (Å²) in [4.78, 5) is 5.68. The van der Waals surface area contributed by atoms with Crippen LogP contribution in [0.2, 0.25) is 0 Å². The van der Waals surface area contributed by atoms with E-state index < -0.39 is 0 Å². The van der Waals surface area contributed by atoms with Crippen LogP contribution < -0.4 is 11.1 Å². The highest BCUT2D eigenvalue weighted by atomic mass is 32.2. The van der Waals surface area contributed by atoms with Gasteiger partial charge in [0.15, 0.2) is 0 Å². The summed E-state index contributed by atoms with van der Waals surface area (Å²) in [7, 11) is 0. The Bertz CT molecular complexity index is 512. The first kappa shape index (κ1) is 9.00. The summed E-state index contributed by atoms with van der Waals surface area (Å²) < 4.78 is 0. The minimum atomic E-state index is 0.285. The number of anilines is 1. The average molecular weight is 217 g/mol. The molecule has 3 nitrogen and oxygen atoms in total. The van der Waals surface area contributed by atoms with Crippen LogP contribution in [0.15, 0.2) is 35.4 Å². The molecular formula is C11H11N3S. The lowest BCUT2D eigenvalue weighted by atomic mass is 10.2. The van der Waals surface area contributed by atoms with E-state index in [9.17, 15) is 0 Å². The molecule has 3 N–H and O–H groups in total. The number of rotatable bonds is 1. The van der Waals surface area contributed by atoms with Crippen LogP contribution in [0, 0.1) is 0 Å². The van der Waals surface area contributed by atoms with Gasteiger partial charge < -0.3 is 11.1 Å². The molecule has 0 saturated carbocycles. The van der Waals surface area contributed by atoms with E-state index in [1.807, 2.05) is 24.4 Å². The van der Waals surface area contributed by atoms with Gasteiger partial charge in [-0.2, -0.15) is 0 Å². The van der Waals surface area contributed by atoms with Crippen LogP contribution in [0.5, 0.6) is 0 Å². The molecule has 2 aromatic rings. The summed E-state index contributed by atoms with van der Waals surface area (Å²) in [5.74, 6) is 0. The highest BCUT2D eigenvalue weighted by Crippen LogP contribution is 2.41. The number of aromatic nitrogens is 1. The Balaban J connectivity index is 2.20. The van der Waals surface area contributed by atoms with Crippen LogP contribution in [0.1, 0.15) is 0 Å². The van der Waals surface area contributed by atoms with Crippen LogP contribution in [0.4, 0.5) is 5.69 Å². The van der Waals surface area contributed by atoms with Crippen molar-refractivity contribution < 1.29 is 0 Å². The quantitative estimate of drug-likeness (QED) is 0.767. The van der Waals surface area contributed by atoms with Gasteiger partial charge in [0, 0.05) is 16.8 Å². The topological polar surface area (TPSA) is 50.9 Å². The van der Waals surface area contributed by atoms with Gasteiger partial charge >= 0.3 is 0 Å². The van der Waals surface area contributed by atoms with Gasteiger partial charge in [0.1, 0.15) is 0 Å². The van der Waals surface area contributed by atoms with E-state index in [1.54, 1.807) is 11.8 Å². The number of nitrogens with zero attached hydrogens (tertiary/aromatic N) is 1. The molecular weight excluding hydrogens is 206 g/mol. The number of para-hydroxylation sites is 1. The van der Waals surface area contributed by atoms with Crippen molar-refractivity contribution in [2.24, 2.45) is 5.73 Å². The zero-order chi connectivity index (χ0) is 10.3. The second-order valence-corrected chi connectivity index (χ2v) is 4.72. The molecule has 1 unspecified atom stereocenters. The van der Waals surface area contributed by atoms with E-state index in [2.05, 4.69) is 16.4 Å². The first-order chi connectivity index (χ1) is 7.38. The third-order valence-electron chi connectivity index (χ3n) is 2.52. The molecule has 1 aromatic carbocycles. The second kappa shape index (κ2) is 3.40. The molecule has 0 spiro atoms. The summed E-state index contributed by atoms with van der Waals surface area (Å²) in [6.07, 6.45) is 1.89. The molecule has 15 heavy (non-hydrogen) atoms. The standard InChI is InChI=1S/C11H11N3S/c12-5-10-14-9-6-13-8-4-2-1-3-7(8)11(9)15-10/h1-4,6,10,14H,5,12H2. The molecule has 1 aromatic heterocycles. The Labute approximate surface area is 92.1 Å². The molecule has 2 heterocycles. The zero-order valence-electron chi connectivity index (χ0n) is 8.10. The van der Waals surface area contributed by atoms with Gasteiger partial charge in [-0.1, -0.05) is 30.0 Å². The van der Waals surface area contributed by atoms with E-state index in [-0.39, 0.29) is 5.37 Å². The summed E-state index contributed by atoms with van der Waals surface area (Å²) in [5, 5.41) is 4.85. The smallest absolute Gasteiger partial charge is 0.0893 e. The van der Waals surface area contributed by atoms with Gasteiger partial charge in [-0.05, 0) is 6.07 Å². The summed E-state index contributed by atoms with van der Waals surface area (Å²) in [6, 6.07) is 8.19. The number of nitrogens with one attached hydrogen (secondary N) is 1. The van der Waals surface area contributed by atoms with Crippen LogP contribution in [-0.2, 0) is 0 Å². The molecule has 76 valence electrons. The lowest BCUT2D eigenvalue weighted by Crippen LogP contribution is -2.21. The fourth-order valence-electron chi connectivity index (χ4n) is 1.80. The van der Waals surface area contributed by atoms with E-state index in [0.29, 0.717) is 6.54 Å². The van der Waals surface area contributed by atoms with Crippen molar-refractivity contribution in [3.05, 3.63) is 30.5 Å². The van der Waals surface area contributed by atoms with Crippen molar-refractivity contribution in [3.8, 4) is 0 Å². The average Bonchev–Trinajstić information content (AvgIpc) is 2.72. The van der Waals surface area contributed by atoms with Crippen molar-refractivity contribution in [1.29, 1.82) is 0 Å². The van der Waals surface area contributed by atoms with Crippen LogP contribution in [0.3, 0.4) is 0 Å². The Morgan fingerprint density at radius 2 is 2.27 bits per heavy atom. The maximum atomic E-state index is 5.65. The third kappa shape index (κ3) is 1.37. The molecule has 1 aliphatic rings. The number of benzene rings is 1. The minimum Gasteiger partial charge on any atom is -0.370 e. The lowest BCUT2D eigenvalue weighted by Gasteiger charge is -2.04. The maximum absolute atomic E-state index is 5.65. The molecule has 0 bridgehead atoms. The first-order valence-corrected chi connectivity index (χ1v) is 5.77. The number of hydrogen-bond donors (Lipinski definition) is 2. The van der Waals surface area contributed by atoms with Gasteiger partial charge in [0.05, 0.1) is 22.8 Å². The number of pyridine rings is 1. The predicted molar refractivity (Wildman–Crippen MR) is 64.1 cm³/mol. The second-order valence-electron chi connectivity index (χ2n) is 3.50. The normalized spacial score (nSPS) is 18.9. The van der Waals surface area contributed by atoms with E-state index in [4.69, 9.17) is 5.73 Å². The van der Waals surface area contributed by atoms with E-state index in [1.165, 1.54) is 10.3 Å². The maximum Gasteiger partial charge on any atom is 0.0893 e. The lowest BCUT2D eigenvalue weighted by molar-refractivity contribution is 0.976. The molecule has 4 heteroatoms. The van der Waals surface area contributed by atoms with Crippen molar-refractivity contribution in [2.45, 2.75) is 10.3 Å². The van der Waals surface area contributed by atoms with Crippen LogP contribution >= 0.6 is 11.8 Å². The van der Waals surface area contributed by atoms with Gasteiger partial charge in [0.2, 0.25) is 0 Å². The highest BCUT2D eigenvalue weighted by molar-refractivity contribution is 8.00. The fourth-order valence-corrected chi connectivity index (χ4v) is 2.90. The Hall–Kier alpha value is -1.26. The van der Waals surface area contributed by atoms with Crippen molar-refractivity contribution in [3.63, 3.8) is 0 Å². The molecule has 0 aliphatic carbocycles. The zero-order valence-corrected chi connectivity index (χ0v) is 8.92. The molecule has 3 rings (SSSR count). The molecule has 0 saturated heterocycles. The third-order valence-corrected chi connectivity index (χ3v) is 3.79. The van der Waals surface area contributed by atoms with Crippen molar-refractivity contribution in [1.82, 2.24) is 4.98 Å². The summed E-state index contributed by atoms with van der Waals surface area (Å²) >= 11 is 1.79. The van der Waals surface area contributed by atoms with E-state index >= 15 is 0 Å². The Kier molecular flexibility index (Phi) is 2.04.